The van der Waals surface area contributed by atoms with Gasteiger partial charge in [-0.1, -0.05) is 30.0 Å². The van der Waals surface area contributed by atoms with E-state index in [1.807, 2.05) is 4.57 Å². The molecule has 0 bridgehead atoms. The Balaban J connectivity index is 1.57. The number of sulfone groups is 1. The number of thioether (sulfide) groups is 1. The minimum atomic E-state index is -3.26. The van der Waals surface area contributed by atoms with Crippen LogP contribution in [-0.2, 0) is 21.2 Å². The van der Waals surface area contributed by atoms with Gasteiger partial charge in [0.1, 0.15) is 5.82 Å². The van der Waals surface area contributed by atoms with Crippen molar-refractivity contribution in [3.8, 4) is 0 Å². The third kappa shape index (κ3) is 4.85. The van der Waals surface area contributed by atoms with E-state index >= 15 is 0 Å². The number of hydrogen-bond donors (Lipinski definition) is 1. The molecule has 26 heavy (non-hydrogen) atoms. The molecule has 9 heteroatoms. The lowest BCUT2D eigenvalue weighted by molar-refractivity contribution is -0.118. The zero-order valence-electron chi connectivity index (χ0n) is 14.4. The fourth-order valence-corrected chi connectivity index (χ4v) is 5.07. The van der Waals surface area contributed by atoms with Crippen molar-refractivity contribution in [3.05, 3.63) is 36.2 Å². The largest absolute Gasteiger partial charge is 0.370 e. The lowest BCUT2D eigenvalue weighted by atomic mass is 10.3. The summed E-state index contributed by atoms with van der Waals surface area (Å²) < 4.78 is 26.5. The summed E-state index contributed by atoms with van der Waals surface area (Å²) in [5, 5.41) is 9.20. The van der Waals surface area contributed by atoms with Crippen molar-refractivity contribution in [2.45, 2.75) is 48.2 Å². The van der Waals surface area contributed by atoms with Gasteiger partial charge < -0.3 is 10.3 Å². The van der Waals surface area contributed by atoms with Crippen LogP contribution in [0.2, 0.25) is 0 Å². The molecular formula is C17H22N4O3S2. The highest BCUT2D eigenvalue weighted by Gasteiger charge is 2.30. The van der Waals surface area contributed by atoms with Gasteiger partial charge in [0.2, 0.25) is 5.91 Å². The summed E-state index contributed by atoms with van der Waals surface area (Å²) in [6, 6.07) is 8.48. The Labute approximate surface area is 157 Å². The standard InChI is InChI=1S/C17H22N4O3S2/c18-15(22)9-10-21-16(13-7-8-13)19-20-17(21)25-11-4-12-26(23,24)14-5-2-1-3-6-14/h1-3,5-6,13H,4,7-12H2,(H2,18,22). The second-order valence-electron chi connectivity index (χ2n) is 6.32. The first kappa shape index (κ1) is 18.9. The van der Waals surface area contributed by atoms with Crippen molar-refractivity contribution < 1.29 is 13.2 Å². The smallest absolute Gasteiger partial charge is 0.219 e. The molecular weight excluding hydrogens is 372 g/mol. The van der Waals surface area contributed by atoms with Gasteiger partial charge in [-0.25, -0.2) is 8.42 Å². The number of nitrogens with two attached hydrogens (primary N) is 1. The number of amides is 1. The van der Waals surface area contributed by atoms with E-state index in [0.717, 1.165) is 23.8 Å². The molecule has 0 radical (unpaired) electrons. The number of carbonyl (C=O) groups is 1. The summed E-state index contributed by atoms with van der Waals surface area (Å²) in [5.41, 5.74) is 5.26. The van der Waals surface area contributed by atoms with E-state index in [2.05, 4.69) is 10.2 Å². The normalized spacial score (nSPS) is 14.5. The highest BCUT2D eigenvalue weighted by Crippen LogP contribution is 2.40. The zero-order valence-corrected chi connectivity index (χ0v) is 16.0. The quantitative estimate of drug-likeness (QED) is 0.488. The van der Waals surface area contributed by atoms with Crippen molar-refractivity contribution in [2.24, 2.45) is 5.73 Å². The summed E-state index contributed by atoms with van der Waals surface area (Å²) in [4.78, 5) is 11.5. The molecule has 2 N–H and O–H groups in total. The summed E-state index contributed by atoms with van der Waals surface area (Å²) in [7, 11) is -3.26. The lowest BCUT2D eigenvalue weighted by Gasteiger charge is -2.08. The van der Waals surface area contributed by atoms with Crippen LogP contribution in [0.4, 0.5) is 0 Å². The SMILES string of the molecule is NC(=O)CCn1c(SCCCS(=O)(=O)c2ccccc2)nnc1C1CC1. The zero-order chi connectivity index (χ0) is 18.6. The van der Waals surface area contributed by atoms with E-state index < -0.39 is 9.84 Å². The summed E-state index contributed by atoms with van der Waals surface area (Å²) in [5.74, 6) is 1.68. The molecule has 1 aromatic carbocycles. The molecule has 1 fully saturated rings. The van der Waals surface area contributed by atoms with Crippen molar-refractivity contribution in [1.29, 1.82) is 0 Å². The molecule has 1 aliphatic rings. The average Bonchev–Trinajstić information content (AvgIpc) is 3.38. The van der Waals surface area contributed by atoms with E-state index in [1.165, 1.54) is 11.8 Å². The van der Waals surface area contributed by atoms with E-state index in [0.29, 0.717) is 29.5 Å². The maximum Gasteiger partial charge on any atom is 0.219 e. The van der Waals surface area contributed by atoms with Gasteiger partial charge in [-0.3, -0.25) is 4.79 Å². The minimum Gasteiger partial charge on any atom is -0.370 e. The molecule has 1 aromatic heterocycles. The first-order valence-corrected chi connectivity index (χ1v) is 11.2. The number of carbonyl (C=O) groups excluding carboxylic acids is 1. The molecule has 0 saturated heterocycles. The van der Waals surface area contributed by atoms with Crippen molar-refractivity contribution in [1.82, 2.24) is 14.8 Å². The van der Waals surface area contributed by atoms with Crippen molar-refractivity contribution in [3.63, 3.8) is 0 Å². The first-order chi connectivity index (χ1) is 12.5. The van der Waals surface area contributed by atoms with Gasteiger partial charge >= 0.3 is 0 Å². The van der Waals surface area contributed by atoms with Gasteiger partial charge in [0.05, 0.1) is 10.6 Å². The van der Waals surface area contributed by atoms with Gasteiger partial charge in [0.25, 0.3) is 0 Å². The molecule has 3 rings (SSSR count). The number of benzene rings is 1. The summed E-state index contributed by atoms with van der Waals surface area (Å²) >= 11 is 1.47. The third-order valence-corrected chi connectivity index (χ3v) is 7.03. The van der Waals surface area contributed by atoms with E-state index in [4.69, 9.17) is 5.73 Å². The Morgan fingerprint density at radius 3 is 2.62 bits per heavy atom. The van der Waals surface area contributed by atoms with E-state index in [-0.39, 0.29) is 18.1 Å². The maximum absolute atomic E-state index is 12.3. The van der Waals surface area contributed by atoms with Crippen LogP contribution in [0, 0.1) is 0 Å². The molecule has 0 aliphatic heterocycles. The Hall–Kier alpha value is -1.87. The number of nitrogens with zero attached hydrogens (tertiary/aromatic N) is 3. The van der Waals surface area contributed by atoms with Gasteiger partial charge in [0.15, 0.2) is 15.0 Å². The Morgan fingerprint density at radius 2 is 1.96 bits per heavy atom. The molecule has 0 spiro atoms. The number of aromatic nitrogens is 3. The molecule has 2 aromatic rings. The molecule has 140 valence electrons. The van der Waals surface area contributed by atoms with Crippen LogP contribution in [0.15, 0.2) is 40.4 Å². The van der Waals surface area contributed by atoms with Crippen LogP contribution in [0.1, 0.15) is 37.4 Å². The van der Waals surface area contributed by atoms with Crippen LogP contribution in [0.5, 0.6) is 0 Å². The summed E-state index contributed by atoms with van der Waals surface area (Å²) in [6.45, 7) is 0.471. The fourth-order valence-electron chi connectivity index (χ4n) is 2.64. The molecule has 7 nitrogen and oxygen atoms in total. The van der Waals surface area contributed by atoms with E-state index in [1.54, 1.807) is 30.3 Å². The molecule has 1 aliphatic carbocycles. The molecule has 0 atom stereocenters. The van der Waals surface area contributed by atoms with E-state index in [9.17, 15) is 13.2 Å². The molecule has 0 unspecified atom stereocenters. The average molecular weight is 395 g/mol. The Morgan fingerprint density at radius 1 is 1.23 bits per heavy atom. The van der Waals surface area contributed by atoms with Crippen LogP contribution in [-0.4, -0.2) is 40.6 Å². The molecule has 1 amide bonds. The van der Waals surface area contributed by atoms with Crippen LogP contribution in [0.25, 0.3) is 0 Å². The highest BCUT2D eigenvalue weighted by molar-refractivity contribution is 7.99. The fraction of sp³-hybridized carbons (Fsp3) is 0.471. The van der Waals surface area contributed by atoms with Gasteiger partial charge in [-0.15, -0.1) is 10.2 Å². The first-order valence-electron chi connectivity index (χ1n) is 8.59. The number of hydrogen-bond acceptors (Lipinski definition) is 6. The van der Waals surface area contributed by atoms with Crippen molar-refractivity contribution in [2.75, 3.05) is 11.5 Å². The minimum absolute atomic E-state index is 0.0922. The van der Waals surface area contributed by atoms with Crippen LogP contribution < -0.4 is 5.73 Å². The second-order valence-corrected chi connectivity index (χ2v) is 9.49. The van der Waals surface area contributed by atoms with Crippen LogP contribution in [0.3, 0.4) is 0 Å². The molecule has 1 saturated carbocycles. The monoisotopic (exact) mass is 394 g/mol. The second kappa shape index (κ2) is 8.22. The van der Waals surface area contributed by atoms with Gasteiger partial charge in [-0.2, -0.15) is 0 Å². The van der Waals surface area contributed by atoms with Crippen LogP contribution >= 0.6 is 11.8 Å². The van der Waals surface area contributed by atoms with Gasteiger partial charge in [0, 0.05) is 24.6 Å². The number of primary amides is 1. The lowest BCUT2D eigenvalue weighted by Crippen LogP contribution is -2.15. The maximum atomic E-state index is 12.3. The Kier molecular flexibility index (Phi) is 5.98. The Bertz CT molecular complexity index is 861. The predicted molar refractivity (Wildman–Crippen MR) is 99.6 cm³/mol. The summed E-state index contributed by atoms with van der Waals surface area (Å²) in [6.07, 6.45) is 2.94. The third-order valence-electron chi connectivity index (χ3n) is 4.16. The highest BCUT2D eigenvalue weighted by atomic mass is 32.2. The number of rotatable bonds is 10. The topological polar surface area (TPSA) is 108 Å². The van der Waals surface area contributed by atoms with Crippen molar-refractivity contribution >= 4 is 27.5 Å². The predicted octanol–water partition coefficient (Wildman–Crippen LogP) is 1.99. The molecule has 1 heterocycles. The van der Waals surface area contributed by atoms with Gasteiger partial charge in [-0.05, 0) is 31.4 Å².